The average Bonchev–Trinajstić information content (AvgIpc) is 3.25. The van der Waals surface area contributed by atoms with Crippen LogP contribution in [0.4, 0.5) is 30.2 Å². The topological polar surface area (TPSA) is 78.5 Å². The summed E-state index contributed by atoms with van der Waals surface area (Å²) in [7, 11) is 0. The van der Waals surface area contributed by atoms with E-state index in [1.807, 2.05) is 12.1 Å². The Bertz CT molecular complexity index is 1260. The van der Waals surface area contributed by atoms with Crippen molar-refractivity contribution in [3.05, 3.63) is 89.5 Å². The zero-order valence-corrected chi connectivity index (χ0v) is 18.6. The van der Waals surface area contributed by atoms with Gasteiger partial charge in [-0.3, -0.25) is 14.4 Å². The predicted octanol–water partition coefficient (Wildman–Crippen LogP) is 5.27. The zero-order chi connectivity index (χ0) is 25.0. The molecule has 0 radical (unpaired) electrons. The Balaban J connectivity index is 1.37. The molecule has 6 nitrogen and oxygen atoms in total. The molecule has 1 heterocycles. The molecule has 0 spiro atoms. The number of amides is 3. The maximum absolute atomic E-state index is 12.9. The molecule has 1 fully saturated rings. The number of rotatable bonds is 6. The number of hydrogen-bond donors (Lipinski definition) is 2. The number of anilines is 3. The van der Waals surface area contributed by atoms with Crippen LogP contribution in [0.3, 0.4) is 0 Å². The Morgan fingerprint density at radius 3 is 2.23 bits per heavy atom. The molecular formula is C26H22F3N3O3. The highest BCUT2D eigenvalue weighted by Crippen LogP contribution is 2.30. The van der Waals surface area contributed by atoms with Crippen molar-refractivity contribution in [3.63, 3.8) is 0 Å². The van der Waals surface area contributed by atoms with E-state index in [2.05, 4.69) is 10.6 Å². The molecule has 9 heteroatoms. The van der Waals surface area contributed by atoms with Crippen molar-refractivity contribution in [3.8, 4) is 0 Å². The highest BCUT2D eigenvalue weighted by molar-refractivity contribution is 6.05. The Labute approximate surface area is 199 Å². The molecule has 4 rings (SSSR count). The summed E-state index contributed by atoms with van der Waals surface area (Å²) in [5.41, 5.74) is 1.27. The van der Waals surface area contributed by atoms with Gasteiger partial charge in [0.2, 0.25) is 11.8 Å². The number of benzene rings is 3. The number of carbonyl (C=O) groups excluding carboxylic acids is 3. The number of alkyl halides is 3. The van der Waals surface area contributed by atoms with Crippen LogP contribution in [0.2, 0.25) is 0 Å². The molecule has 35 heavy (non-hydrogen) atoms. The molecule has 0 unspecified atom stereocenters. The van der Waals surface area contributed by atoms with E-state index in [0.29, 0.717) is 18.7 Å². The highest BCUT2D eigenvalue weighted by Gasteiger charge is 2.30. The summed E-state index contributed by atoms with van der Waals surface area (Å²) in [6.45, 7) is 0.691. The van der Waals surface area contributed by atoms with Gasteiger partial charge in [0.1, 0.15) is 0 Å². The standard InChI is InChI=1S/C26H22F3N3O3/c27-26(28,29)19-5-2-7-21(16-19)31-25(35)18-4-1-6-20(15-18)30-23(33)14-17-9-11-22(12-10-17)32-13-3-8-24(32)34/h1-2,4-7,9-12,15-16H,3,8,13-14H2,(H,30,33)(H,31,35). The van der Waals surface area contributed by atoms with Crippen LogP contribution in [0, 0.1) is 0 Å². The number of nitrogens with zero attached hydrogens (tertiary/aromatic N) is 1. The van der Waals surface area contributed by atoms with Crippen molar-refractivity contribution >= 4 is 34.8 Å². The van der Waals surface area contributed by atoms with Crippen LogP contribution < -0.4 is 15.5 Å². The molecule has 0 aliphatic carbocycles. The Morgan fingerprint density at radius 1 is 0.886 bits per heavy atom. The predicted molar refractivity (Wildman–Crippen MR) is 126 cm³/mol. The fraction of sp³-hybridized carbons (Fsp3) is 0.192. The van der Waals surface area contributed by atoms with E-state index in [1.54, 1.807) is 29.2 Å². The van der Waals surface area contributed by atoms with Crippen LogP contribution in [0.15, 0.2) is 72.8 Å². The van der Waals surface area contributed by atoms with Crippen molar-refractivity contribution < 1.29 is 27.6 Å². The lowest BCUT2D eigenvalue weighted by molar-refractivity contribution is -0.137. The molecule has 3 aromatic carbocycles. The van der Waals surface area contributed by atoms with Crippen molar-refractivity contribution in [2.24, 2.45) is 0 Å². The first kappa shape index (κ1) is 24.0. The minimum absolute atomic E-state index is 0.0124. The lowest BCUT2D eigenvalue weighted by Gasteiger charge is -2.16. The number of halogens is 3. The van der Waals surface area contributed by atoms with E-state index >= 15 is 0 Å². The number of nitrogens with one attached hydrogen (secondary N) is 2. The molecule has 3 amide bonds. The number of hydrogen-bond acceptors (Lipinski definition) is 3. The molecule has 1 aliphatic heterocycles. The highest BCUT2D eigenvalue weighted by atomic mass is 19.4. The van der Waals surface area contributed by atoms with Crippen LogP contribution in [0.1, 0.15) is 34.3 Å². The summed E-state index contributed by atoms with van der Waals surface area (Å²) in [6, 6.07) is 17.7. The third-order valence-corrected chi connectivity index (χ3v) is 5.54. The summed E-state index contributed by atoms with van der Waals surface area (Å²) in [5.74, 6) is -0.814. The second-order valence-corrected chi connectivity index (χ2v) is 8.15. The quantitative estimate of drug-likeness (QED) is 0.504. The average molecular weight is 481 g/mol. The summed E-state index contributed by atoms with van der Waals surface area (Å²) in [6.07, 6.45) is -3.05. The number of carbonyl (C=O) groups is 3. The van der Waals surface area contributed by atoms with Gasteiger partial charge in [-0.2, -0.15) is 13.2 Å². The van der Waals surface area contributed by atoms with Gasteiger partial charge in [-0.05, 0) is 60.5 Å². The second kappa shape index (κ2) is 10.0. The van der Waals surface area contributed by atoms with E-state index in [1.165, 1.54) is 24.3 Å². The summed E-state index contributed by atoms with van der Waals surface area (Å²) in [5, 5.41) is 5.17. The van der Waals surface area contributed by atoms with Gasteiger partial charge in [0.15, 0.2) is 0 Å². The largest absolute Gasteiger partial charge is 0.416 e. The fourth-order valence-corrected chi connectivity index (χ4v) is 3.82. The van der Waals surface area contributed by atoms with Crippen LogP contribution in [0.25, 0.3) is 0 Å². The normalized spacial score (nSPS) is 13.6. The van der Waals surface area contributed by atoms with E-state index < -0.39 is 17.6 Å². The molecule has 3 aromatic rings. The van der Waals surface area contributed by atoms with E-state index in [0.717, 1.165) is 29.8 Å². The molecule has 0 saturated carbocycles. The first-order valence-electron chi connectivity index (χ1n) is 11.0. The molecule has 0 bridgehead atoms. The molecule has 1 aliphatic rings. The van der Waals surface area contributed by atoms with Gasteiger partial charge in [-0.15, -0.1) is 0 Å². The van der Waals surface area contributed by atoms with E-state index in [-0.39, 0.29) is 29.5 Å². The molecule has 1 saturated heterocycles. The van der Waals surface area contributed by atoms with E-state index in [9.17, 15) is 27.6 Å². The Hall–Kier alpha value is -4.14. The van der Waals surface area contributed by atoms with Gasteiger partial charge in [-0.25, -0.2) is 0 Å². The lowest BCUT2D eigenvalue weighted by atomic mass is 10.1. The second-order valence-electron chi connectivity index (χ2n) is 8.15. The summed E-state index contributed by atoms with van der Waals surface area (Å²) >= 11 is 0. The molecule has 2 N–H and O–H groups in total. The monoisotopic (exact) mass is 481 g/mol. The zero-order valence-electron chi connectivity index (χ0n) is 18.6. The van der Waals surface area contributed by atoms with Crippen molar-refractivity contribution in [1.29, 1.82) is 0 Å². The van der Waals surface area contributed by atoms with Gasteiger partial charge in [-0.1, -0.05) is 24.3 Å². The van der Waals surface area contributed by atoms with Crippen LogP contribution in [-0.4, -0.2) is 24.3 Å². The minimum atomic E-state index is -4.52. The first-order valence-corrected chi connectivity index (χ1v) is 11.0. The Kier molecular flexibility index (Phi) is 6.86. The third kappa shape index (κ3) is 6.06. The molecule has 0 aromatic heterocycles. The first-order chi connectivity index (χ1) is 16.7. The van der Waals surface area contributed by atoms with Crippen LogP contribution in [0.5, 0.6) is 0 Å². The maximum atomic E-state index is 12.9. The van der Waals surface area contributed by atoms with Crippen LogP contribution in [-0.2, 0) is 22.2 Å². The van der Waals surface area contributed by atoms with Gasteiger partial charge >= 0.3 is 6.18 Å². The molecule has 180 valence electrons. The summed E-state index contributed by atoms with van der Waals surface area (Å²) < 4.78 is 38.7. The smallest absolute Gasteiger partial charge is 0.326 e. The van der Waals surface area contributed by atoms with Crippen molar-refractivity contribution in [2.45, 2.75) is 25.4 Å². The maximum Gasteiger partial charge on any atom is 0.416 e. The lowest BCUT2D eigenvalue weighted by Crippen LogP contribution is -2.23. The fourth-order valence-electron chi connectivity index (χ4n) is 3.82. The Morgan fingerprint density at radius 2 is 1.57 bits per heavy atom. The third-order valence-electron chi connectivity index (χ3n) is 5.54. The van der Waals surface area contributed by atoms with Gasteiger partial charge in [0, 0.05) is 35.6 Å². The molecule has 0 atom stereocenters. The summed E-state index contributed by atoms with van der Waals surface area (Å²) in [4.78, 5) is 38.6. The van der Waals surface area contributed by atoms with Gasteiger partial charge in [0.25, 0.3) is 5.91 Å². The van der Waals surface area contributed by atoms with Gasteiger partial charge in [0.05, 0.1) is 12.0 Å². The van der Waals surface area contributed by atoms with Gasteiger partial charge < -0.3 is 15.5 Å². The van der Waals surface area contributed by atoms with Crippen molar-refractivity contribution in [1.82, 2.24) is 0 Å². The molecular weight excluding hydrogens is 459 g/mol. The van der Waals surface area contributed by atoms with Crippen molar-refractivity contribution in [2.75, 3.05) is 22.1 Å². The van der Waals surface area contributed by atoms with E-state index in [4.69, 9.17) is 0 Å². The van der Waals surface area contributed by atoms with Crippen LogP contribution >= 0.6 is 0 Å². The SMILES string of the molecule is O=C(Cc1ccc(N2CCCC2=O)cc1)Nc1cccc(C(=O)Nc2cccc(C(F)(F)F)c2)c1. The minimum Gasteiger partial charge on any atom is -0.326 e.